The number of carbonyl (C=O) groups is 1. The SMILES string of the molecule is C#CCC(=O)NC1CCC(N)CC1. The summed E-state index contributed by atoms with van der Waals surface area (Å²) in [6.45, 7) is 0. The van der Waals surface area contributed by atoms with Crippen molar-refractivity contribution in [1.82, 2.24) is 5.32 Å². The van der Waals surface area contributed by atoms with Crippen LogP contribution in [0.1, 0.15) is 32.1 Å². The molecule has 0 saturated heterocycles. The third-order valence-corrected chi connectivity index (χ3v) is 2.40. The zero-order valence-corrected chi connectivity index (χ0v) is 7.75. The van der Waals surface area contributed by atoms with Gasteiger partial charge in [0.25, 0.3) is 0 Å². The van der Waals surface area contributed by atoms with Gasteiger partial charge in [-0.1, -0.05) is 5.92 Å². The Morgan fingerprint density at radius 2 is 2.08 bits per heavy atom. The van der Waals surface area contributed by atoms with E-state index in [1.807, 2.05) is 0 Å². The van der Waals surface area contributed by atoms with Gasteiger partial charge in [-0.05, 0) is 25.7 Å². The Bertz CT molecular complexity index is 211. The molecule has 1 fully saturated rings. The molecule has 1 aliphatic rings. The number of amides is 1. The number of nitrogens with one attached hydrogen (secondary N) is 1. The third kappa shape index (κ3) is 3.47. The lowest BCUT2D eigenvalue weighted by Gasteiger charge is -2.26. The van der Waals surface area contributed by atoms with E-state index in [4.69, 9.17) is 12.2 Å². The molecule has 1 amide bonds. The van der Waals surface area contributed by atoms with Crippen LogP contribution in [0.4, 0.5) is 0 Å². The van der Waals surface area contributed by atoms with Crippen LogP contribution in [-0.4, -0.2) is 18.0 Å². The highest BCUT2D eigenvalue weighted by molar-refractivity contribution is 5.78. The Kier molecular flexibility index (Phi) is 3.78. The molecule has 0 aromatic carbocycles. The van der Waals surface area contributed by atoms with Gasteiger partial charge in [-0.15, -0.1) is 6.42 Å². The monoisotopic (exact) mass is 180 g/mol. The fourth-order valence-corrected chi connectivity index (χ4v) is 1.63. The zero-order chi connectivity index (χ0) is 9.68. The summed E-state index contributed by atoms with van der Waals surface area (Å²) < 4.78 is 0. The second-order valence-corrected chi connectivity index (χ2v) is 3.56. The molecule has 0 bridgehead atoms. The highest BCUT2D eigenvalue weighted by Crippen LogP contribution is 2.16. The van der Waals surface area contributed by atoms with Gasteiger partial charge in [-0.25, -0.2) is 0 Å². The van der Waals surface area contributed by atoms with Gasteiger partial charge < -0.3 is 11.1 Å². The van der Waals surface area contributed by atoms with Crippen LogP contribution in [0.3, 0.4) is 0 Å². The van der Waals surface area contributed by atoms with Crippen molar-refractivity contribution in [3.05, 3.63) is 0 Å². The Morgan fingerprint density at radius 1 is 1.46 bits per heavy atom. The summed E-state index contributed by atoms with van der Waals surface area (Å²) in [5, 5.41) is 2.90. The van der Waals surface area contributed by atoms with Crippen molar-refractivity contribution in [2.45, 2.75) is 44.2 Å². The lowest BCUT2D eigenvalue weighted by molar-refractivity contribution is -0.121. The maximum atomic E-state index is 11.1. The average molecular weight is 180 g/mol. The summed E-state index contributed by atoms with van der Waals surface area (Å²) >= 11 is 0. The fraction of sp³-hybridized carbons (Fsp3) is 0.700. The minimum Gasteiger partial charge on any atom is -0.353 e. The van der Waals surface area contributed by atoms with E-state index in [0.29, 0.717) is 12.1 Å². The van der Waals surface area contributed by atoms with Gasteiger partial charge >= 0.3 is 0 Å². The maximum Gasteiger partial charge on any atom is 0.232 e. The molecular formula is C10H16N2O. The second kappa shape index (κ2) is 4.88. The molecule has 72 valence electrons. The van der Waals surface area contributed by atoms with Crippen LogP contribution in [-0.2, 0) is 4.79 Å². The molecule has 3 heteroatoms. The molecule has 1 rings (SSSR count). The Hall–Kier alpha value is -1.01. The molecule has 3 nitrogen and oxygen atoms in total. The van der Waals surface area contributed by atoms with Gasteiger partial charge in [0.05, 0.1) is 6.42 Å². The normalized spacial score (nSPS) is 27.7. The molecule has 3 N–H and O–H groups in total. The molecular weight excluding hydrogens is 164 g/mol. The van der Waals surface area contributed by atoms with E-state index in [1.165, 1.54) is 0 Å². The molecule has 0 aliphatic heterocycles. The summed E-state index contributed by atoms with van der Waals surface area (Å²) in [4.78, 5) is 11.1. The van der Waals surface area contributed by atoms with E-state index in [-0.39, 0.29) is 12.3 Å². The van der Waals surface area contributed by atoms with Crippen molar-refractivity contribution >= 4 is 5.91 Å². The molecule has 0 atom stereocenters. The molecule has 1 aliphatic carbocycles. The molecule has 0 aromatic rings. The highest BCUT2D eigenvalue weighted by Gasteiger charge is 2.19. The number of terminal acetylenes is 1. The topological polar surface area (TPSA) is 55.1 Å². The standard InChI is InChI=1S/C10H16N2O/c1-2-3-10(13)12-9-6-4-8(11)5-7-9/h1,8-9H,3-7,11H2,(H,12,13). The van der Waals surface area contributed by atoms with Gasteiger partial charge in [0.2, 0.25) is 5.91 Å². The molecule has 0 unspecified atom stereocenters. The maximum absolute atomic E-state index is 11.1. The first-order chi connectivity index (χ1) is 6.22. The smallest absolute Gasteiger partial charge is 0.232 e. The summed E-state index contributed by atoms with van der Waals surface area (Å²) in [6, 6.07) is 0.612. The van der Waals surface area contributed by atoms with E-state index in [2.05, 4.69) is 11.2 Å². The van der Waals surface area contributed by atoms with Crippen LogP contribution in [0, 0.1) is 12.3 Å². The number of hydrogen-bond acceptors (Lipinski definition) is 2. The van der Waals surface area contributed by atoms with Gasteiger partial charge in [-0.3, -0.25) is 4.79 Å². The lowest BCUT2D eigenvalue weighted by atomic mass is 9.92. The zero-order valence-electron chi connectivity index (χ0n) is 7.75. The van der Waals surface area contributed by atoms with Crippen molar-refractivity contribution < 1.29 is 4.79 Å². The predicted molar refractivity (Wildman–Crippen MR) is 51.8 cm³/mol. The molecule has 0 radical (unpaired) electrons. The fourth-order valence-electron chi connectivity index (χ4n) is 1.63. The van der Waals surface area contributed by atoms with E-state index in [0.717, 1.165) is 25.7 Å². The van der Waals surface area contributed by atoms with Crippen molar-refractivity contribution in [2.75, 3.05) is 0 Å². The van der Waals surface area contributed by atoms with Crippen molar-refractivity contribution in [3.8, 4) is 12.3 Å². The number of carbonyl (C=O) groups excluding carboxylic acids is 1. The van der Waals surface area contributed by atoms with E-state index in [9.17, 15) is 4.79 Å². The second-order valence-electron chi connectivity index (χ2n) is 3.56. The largest absolute Gasteiger partial charge is 0.353 e. The third-order valence-electron chi connectivity index (χ3n) is 2.40. The molecule has 0 aromatic heterocycles. The van der Waals surface area contributed by atoms with Crippen molar-refractivity contribution in [1.29, 1.82) is 0 Å². The first-order valence-corrected chi connectivity index (χ1v) is 4.70. The van der Waals surface area contributed by atoms with Crippen molar-refractivity contribution in [2.24, 2.45) is 5.73 Å². The molecule has 0 spiro atoms. The summed E-state index contributed by atoms with van der Waals surface area (Å²) in [7, 11) is 0. The van der Waals surface area contributed by atoms with E-state index in [1.54, 1.807) is 0 Å². The van der Waals surface area contributed by atoms with Crippen molar-refractivity contribution in [3.63, 3.8) is 0 Å². The minimum absolute atomic E-state index is 0.0389. The van der Waals surface area contributed by atoms with Gasteiger partial charge in [-0.2, -0.15) is 0 Å². The number of nitrogens with two attached hydrogens (primary N) is 1. The minimum atomic E-state index is -0.0389. The van der Waals surface area contributed by atoms with Crippen LogP contribution in [0.5, 0.6) is 0 Å². The first-order valence-electron chi connectivity index (χ1n) is 4.70. The highest BCUT2D eigenvalue weighted by atomic mass is 16.1. The Morgan fingerprint density at radius 3 is 2.62 bits per heavy atom. The molecule has 0 heterocycles. The summed E-state index contributed by atoms with van der Waals surface area (Å²) in [6.07, 6.45) is 9.18. The first kappa shape index (κ1) is 10.1. The van der Waals surface area contributed by atoms with Crippen LogP contribution in [0.2, 0.25) is 0 Å². The Balaban J connectivity index is 2.23. The Labute approximate surface area is 79.1 Å². The summed E-state index contributed by atoms with van der Waals surface area (Å²) in [5.74, 6) is 2.29. The van der Waals surface area contributed by atoms with Gasteiger partial charge in [0.1, 0.15) is 0 Å². The molecule has 13 heavy (non-hydrogen) atoms. The van der Waals surface area contributed by atoms with Crippen LogP contribution < -0.4 is 11.1 Å². The lowest BCUT2D eigenvalue weighted by Crippen LogP contribution is -2.40. The van der Waals surface area contributed by atoms with Gasteiger partial charge in [0.15, 0.2) is 0 Å². The quantitative estimate of drug-likeness (QED) is 0.604. The number of rotatable bonds is 2. The van der Waals surface area contributed by atoms with E-state index >= 15 is 0 Å². The predicted octanol–water partition coefficient (Wildman–Crippen LogP) is 0.396. The summed E-state index contributed by atoms with van der Waals surface area (Å²) in [5.41, 5.74) is 5.74. The van der Waals surface area contributed by atoms with E-state index < -0.39 is 0 Å². The molecule has 1 saturated carbocycles. The van der Waals surface area contributed by atoms with Gasteiger partial charge in [0, 0.05) is 12.1 Å². The number of hydrogen-bond donors (Lipinski definition) is 2. The average Bonchev–Trinajstić information content (AvgIpc) is 2.09. The van der Waals surface area contributed by atoms with Crippen LogP contribution in [0.25, 0.3) is 0 Å². The van der Waals surface area contributed by atoms with Crippen LogP contribution in [0.15, 0.2) is 0 Å². The van der Waals surface area contributed by atoms with Crippen LogP contribution >= 0.6 is 0 Å².